The Bertz CT molecular complexity index is 783. The molecule has 1 atom stereocenters. The molecule has 7 heteroatoms. The van der Waals surface area contributed by atoms with Crippen molar-refractivity contribution in [2.45, 2.75) is 193 Å². The highest BCUT2D eigenvalue weighted by atomic mass is 16.7. The van der Waals surface area contributed by atoms with Gasteiger partial charge in [-0.25, -0.2) is 0 Å². The van der Waals surface area contributed by atoms with Crippen molar-refractivity contribution in [1.29, 1.82) is 0 Å². The Balaban J connectivity index is 3.99. The molecule has 0 aliphatic rings. The highest BCUT2D eigenvalue weighted by Crippen LogP contribution is 2.17. The summed E-state index contributed by atoms with van der Waals surface area (Å²) >= 11 is 0. The van der Waals surface area contributed by atoms with Crippen LogP contribution in [0.4, 0.5) is 0 Å². The fourth-order valence-corrected chi connectivity index (χ4v) is 5.87. The van der Waals surface area contributed by atoms with E-state index in [2.05, 4.69) is 45.0 Å². The SMILES string of the molecule is CCCCCC/C=C\COC(=O)CCCCCCCCCC(CCCCCCCC(=O)OC/C=C\CCCCCC)OCOCCCN(C)C. The summed E-state index contributed by atoms with van der Waals surface area (Å²) < 4.78 is 22.6. The quantitative estimate of drug-likeness (QED) is 0.0272. The third-order valence-corrected chi connectivity index (χ3v) is 9.06. The van der Waals surface area contributed by atoms with Crippen LogP contribution in [-0.4, -0.2) is 70.2 Å². The molecule has 1 unspecified atom stereocenters. The van der Waals surface area contributed by atoms with Crippen LogP contribution < -0.4 is 0 Å². The zero-order valence-corrected chi connectivity index (χ0v) is 33.4. The lowest BCUT2D eigenvalue weighted by molar-refractivity contribution is -0.143. The number of carbonyl (C=O) groups excluding carboxylic acids is 2. The number of esters is 2. The number of rotatable bonds is 39. The first-order chi connectivity index (χ1) is 24.5. The van der Waals surface area contributed by atoms with E-state index in [0.29, 0.717) is 32.8 Å². The highest BCUT2D eigenvalue weighted by molar-refractivity contribution is 5.69. The monoisotopic (exact) mass is 708 g/mol. The van der Waals surface area contributed by atoms with Crippen molar-refractivity contribution in [3.05, 3.63) is 24.3 Å². The van der Waals surface area contributed by atoms with Gasteiger partial charge in [0, 0.05) is 12.8 Å². The molecule has 7 nitrogen and oxygen atoms in total. The average Bonchev–Trinajstić information content (AvgIpc) is 3.10. The van der Waals surface area contributed by atoms with Gasteiger partial charge in [-0.2, -0.15) is 0 Å². The van der Waals surface area contributed by atoms with Gasteiger partial charge in [0.2, 0.25) is 0 Å². The average molecular weight is 708 g/mol. The van der Waals surface area contributed by atoms with Gasteiger partial charge in [0.1, 0.15) is 20.0 Å². The summed E-state index contributed by atoms with van der Waals surface area (Å²) in [4.78, 5) is 26.1. The highest BCUT2D eigenvalue weighted by Gasteiger charge is 2.10. The largest absolute Gasteiger partial charge is 0.461 e. The van der Waals surface area contributed by atoms with Crippen LogP contribution in [0, 0.1) is 0 Å². The molecule has 50 heavy (non-hydrogen) atoms. The van der Waals surface area contributed by atoms with Crippen molar-refractivity contribution in [2.75, 3.05) is 47.3 Å². The number of ether oxygens (including phenoxy) is 4. The number of hydrogen-bond acceptors (Lipinski definition) is 7. The van der Waals surface area contributed by atoms with E-state index in [1.165, 1.54) is 89.9 Å². The molecule has 0 aromatic rings. The number of carbonyl (C=O) groups is 2. The van der Waals surface area contributed by atoms with Crippen LogP contribution in [0.3, 0.4) is 0 Å². The Morgan fingerprint density at radius 3 is 1.44 bits per heavy atom. The minimum atomic E-state index is -0.0772. The molecule has 0 aliphatic carbocycles. The number of unbranched alkanes of at least 4 members (excludes halogenated alkanes) is 18. The molecule has 0 saturated heterocycles. The van der Waals surface area contributed by atoms with Crippen LogP contribution >= 0.6 is 0 Å². The van der Waals surface area contributed by atoms with Crippen molar-refractivity contribution >= 4 is 11.9 Å². The first kappa shape index (κ1) is 48.3. The maximum atomic E-state index is 12.0. The summed E-state index contributed by atoms with van der Waals surface area (Å²) in [6.07, 6.45) is 38.5. The summed E-state index contributed by atoms with van der Waals surface area (Å²) in [6.45, 7) is 7.41. The normalized spacial score (nSPS) is 12.4. The second-order valence-corrected chi connectivity index (χ2v) is 14.3. The first-order valence-corrected chi connectivity index (χ1v) is 20.9. The predicted molar refractivity (Wildman–Crippen MR) is 210 cm³/mol. The molecule has 0 radical (unpaired) electrons. The summed E-state index contributed by atoms with van der Waals surface area (Å²) in [5.74, 6) is -0.146. The molecule has 0 heterocycles. The molecule has 0 aromatic heterocycles. The molecule has 0 saturated carbocycles. The molecule has 0 bridgehead atoms. The molecule has 0 fully saturated rings. The maximum absolute atomic E-state index is 12.0. The number of hydrogen-bond donors (Lipinski definition) is 0. The van der Waals surface area contributed by atoms with Gasteiger partial charge >= 0.3 is 11.9 Å². The van der Waals surface area contributed by atoms with Crippen molar-refractivity contribution in [3.63, 3.8) is 0 Å². The third-order valence-electron chi connectivity index (χ3n) is 9.06. The third kappa shape index (κ3) is 39.1. The van der Waals surface area contributed by atoms with E-state index in [-0.39, 0.29) is 18.0 Å². The molecule has 0 N–H and O–H groups in total. The van der Waals surface area contributed by atoms with Gasteiger partial charge in [0.05, 0.1) is 12.7 Å². The molecule has 294 valence electrons. The minimum absolute atomic E-state index is 0.0692. The van der Waals surface area contributed by atoms with E-state index >= 15 is 0 Å². The van der Waals surface area contributed by atoms with Crippen LogP contribution in [0.5, 0.6) is 0 Å². The van der Waals surface area contributed by atoms with Crippen molar-refractivity contribution in [3.8, 4) is 0 Å². The summed E-state index contributed by atoms with van der Waals surface area (Å²) in [6, 6.07) is 0. The lowest BCUT2D eigenvalue weighted by atomic mass is 10.0. The summed E-state index contributed by atoms with van der Waals surface area (Å²) in [5.41, 5.74) is 0. The Labute approximate surface area is 309 Å². The smallest absolute Gasteiger partial charge is 0.306 e. The predicted octanol–water partition coefficient (Wildman–Crippen LogP) is 11.7. The number of allylic oxidation sites excluding steroid dienone is 2. The fraction of sp³-hybridized carbons (Fsp3) is 0.860. The van der Waals surface area contributed by atoms with Crippen LogP contribution in [0.1, 0.15) is 187 Å². The summed E-state index contributed by atoms with van der Waals surface area (Å²) in [7, 11) is 4.17. The van der Waals surface area contributed by atoms with Gasteiger partial charge in [-0.05, 0) is 78.4 Å². The van der Waals surface area contributed by atoms with E-state index in [1.807, 2.05) is 12.2 Å². The second-order valence-electron chi connectivity index (χ2n) is 14.3. The Kier molecular flexibility index (Phi) is 38.7. The zero-order chi connectivity index (χ0) is 36.6. The van der Waals surface area contributed by atoms with Gasteiger partial charge in [0.25, 0.3) is 0 Å². The zero-order valence-electron chi connectivity index (χ0n) is 33.4. The maximum Gasteiger partial charge on any atom is 0.306 e. The molecule has 0 spiro atoms. The van der Waals surface area contributed by atoms with E-state index in [0.717, 1.165) is 83.8 Å². The molecule has 0 aromatic carbocycles. The number of nitrogens with zero attached hydrogens (tertiary/aromatic N) is 1. The summed E-state index contributed by atoms with van der Waals surface area (Å²) in [5, 5.41) is 0. The molecule has 0 rings (SSSR count). The van der Waals surface area contributed by atoms with Crippen molar-refractivity contribution in [1.82, 2.24) is 4.90 Å². The van der Waals surface area contributed by atoms with Crippen LogP contribution in [-0.2, 0) is 28.5 Å². The van der Waals surface area contributed by atoms with Gasteiger partial charge in [-0.15, -0.1) is 0 Å². The van der Waals surface area contributed by atoms with Gasteiger partial charge < -0.3 is 23.8 Å². The van der Waals surface area contributed by atoms with E-state index in [9.17, 15) is 9.59 Å². The lowest BCUT2D eigenvalue weighted by Crippen LogP contribution is -2.18. The standard InChI is InChI=1S/C43H81NO6/c1-5-7-9-11-16-23-29-38-48-42(45)34-27-21-15-13-14-19-25-32-41(50-40-47-37-31-36-44(3)4)33-26-20-18-22-28-35-43(46)49-39-30-24-17-12-10-8-6-2/h23-24,29-30,41H,5-22,25-28,31-40H2,1-4H3/b29-23-,30-24-. The van der Waals surface area contributed by atoms with Gasteiger partial charge in [-0.3, -0.25) is 9.59 Å². The van der Waals surface area contributed by atoms with E-state index < -0.39 is 0 Å². The molecule has 0 amide bonds. The van der Waals surface area contributed by atoms with Crippen molar-refractivity contribution in [2.24, 2.45) is 0 Å². The van der Waals surface area contributed by atoms with E-state index in [1.54, 1.807) is 0 Å². The van der Waals surface area contributed by atoms with Crippen LogP contribution in [0.25, 0.3) is 0 Å². The Morgan fingerprint density at radius 1 is 0.540 bits per heavy atom. The fourth-order valence-electron chi connectivity index (χ4n) is 5.87. The lowest BCUT2D eigenvalue weighted by Gasteiger charge is -2.18. The Morgan fingerprint density at radius 2 is 0.980 bits per heavy atom. The Hall–Kier alpha value is -1.70. The van der Waals surface area contributed by atoms with Crippen LogP contribution in [0.2, 0.25) is 0 Å². The molecular formula is C43H81NO6. The first-order valence-electron chi connectivity index (χ1n) is 20.9. The van der Waals surface area contributed by atoms with Crippen molar-refractivity contribution < 1.29 is 28.5 Å². The van der Waals surface area contributed by atoms with Gasteiger partial charge in [0.15, 0.2) is 0 Å². The van der Waals surface area contributed by atoms with E-state index in [4.69, 9.17) is 18.9 Å². The van der Waals surface area contributed by atoms with Crippen LogP contribution in [0.15, 0.2) is 24.3 Å². The topological polar surface area (TPSA) is 74.3 Å². The molecule has 0 aliphatic heterocycles. The minimum Gasteiger partial charge on any atom is -0.461 e. The van der Waals surface area contributed by atoms with Gasteiger partial charge in [-0.1, -0.05) is 141 Å². The second kappa shape index (κ2) is 40.1. The molecular weight excluding hydrogens is 626 g/mol.